The fraction of sp³-hybridized carbons (Fsp3) is 0.450. The number of nitrogen functional groups attached to an aromatic ring is 1. The van der Waals surface area contributed by atoms with E-state index in [2.05, 4.69) is 20.4 Å². The molecule has 2 aromatic heterocycles. The van der Waals surface area contributed by atoms with Crippen LogP contribution in [0.15, 0.2) is 12.4 Å². The third kappa shape index (κ3) is 3.30. The minimum Gasteiger partial charge on any atom is -0.493 e. The van der Waals surface area contributed by atoms with Gasteiger partial charge in [-0.3, -0.25) is 0 Å². The Morgan fingerprint density at radius 2 is 2.24 bits per heavy atom. The first-order valence-corrected chi connectivity index (χ1v) is 10.1. The normalized spacial score (nSPS) is 17.8. The number of nitrogens with zero attached hydrogens (tertiary/aromatic N) is 4. The molecule has 4 rings (SSSR count). The molecule has 154 valence electrons. The van der Waals surface area contributed by atoms with Crippen molar-refractivity contribution in [2.45, 2.75) is 39.2 Å². The van der Waals surface area contributed by atoms with Crippen LogP contribution in [0, 0.1) is 12.7 Å². The first-order valence-electron chi connectivity index (χ1n) is 9.74. The summed E-state index contributed by atoms with van der Waals surface area (Å²) in [6.45, 7) is 7.67. The maximum atomic E-state index is 15.1. The third-order valence-corrected chi connectivity index (χ3v) is 5.78. The summed E-state index contributed by atoms with van der Waals surface area (Å²) in [5.41, 5.74) is 8.68. The van der Waals surface area contributed by atoms with Crippen LogP contribution >= 0.6 is 11.6 Å². The number of hydrogen-bond donors (Lipinski definition) is 2. The molecule has 0 saturated carbocycles. The molecule has 1 fully saturated rings. The minimum absolute atomic E-state index is 0.00951. The molecule has 1 aliphatic rings. The molecule has 3 heterocycles. The highest BCUT2D eigenvalue weighted by molar-refractivity contribution is 6.31. The molecule has 1 aromatic carbocycles. The second-order valence-electron chi connectivity index (χ2n) is 7.29. The van der Waals surface area contributed by atoms with Gasteiger partial charge in [0.25, 0.3) is 0 Å². The summed E-state index contributed by atoms with van der Waals surface area (Å²) < 4.78 is 22.8. The van der Waals surface area contributed by atoms with Gasteiger partial charge < -0.3 is 15.8 Å². The van der Waals surface area contributed by atoms with Crippen LogP contribution in [-0.2, 0) is 0 Å². The lowest BCUT2D eigenvalue weighted by atomic mass is 9.92. The number of ether oxygens (including phenoxy) is 1. The highest BCUT2D eigenvalue weighted by atomic mass is 35.5. The fourth-order valence-corrected chi connectivity index (χ4v) is 4.32. The van der Waals surface area contributed by atoms with E-state index in [0.717, 1.165) is 24.2 Å². The SMILES string of the molecule is CCOc1c(C(C)n2nc(C)c3c(N)ncnc32)cc(Cl)c(F)c1C1CCNC1. The predicted molar refractivity (Wildman–Crippen MR) is 111 cm³/mol. The molecule has 1 aliphatic heterocycles. The Labute approximate surface area is 173 Å². The maximum absolute atomic E-state index is 15.1. The Hall–Kier alpha value is -2.45. The largest absolute Gasteiger partial charge is 0.493 e. The molecule has 29 heavy (non-hydrogen) atoms. The van der Waals surface area contributed by atoms with E-state index in [4.69, 9.17) is 22.1 Å². The first-order chi connectivity index (χ1) is 13.9. The van der Waals surface area contributed by atoms with Crippen molar-refractivity contribution < 1.29 is 9.13 Å². The number of anilines is 1. The van der Waals surface area contributed by atoms with Crippen LogP contribution in [0.4, 0.5) is 10.2 Å². The summed E-state index contributed by atoms with van der Waals surface area (Å²) >= 11 is 6.32. The van der Waals surface area contributed by atoms with Crippen LogP contribution in [0.3, 0.4) is 0 Å². The van der Waals surface area contributed by atoms with Crippen molar-refractivity contribution in [3.63, 3.8) is 0 Å². The van der Waals surface area contributed by atoms with E-state index in [9.17, 15) is 0 Å². The number of hydrogen-bond acceptors (Lipinski definition) is 6. The van der Waals surface area contributed by atoms with Crippen LogP contribution in [0.5, 0.6) is 5.75 Å². The third-order valence-electron chi connectivity index (χ3n) is 5.50. The molecule has 0 bridgehead atoms. The van der Waals surface area contributed by atoms with E-state index in [1.54, 1.807) is 10.7 Å². The number of nitrogens with one attached hydrogen (secondary N) is 1. The molecule has 0 radical (unpaired) electrons. The van der Waals surface area contributed by atoms with Gasteiger partial charge in [0.1, 0.15) is 23.7 Å². The first kappa shape index (κ1) is 19.8. The van der Waals surface area contributed by atoms with Gasteiger partial charge in [0.2, 0.25) is 0 Å². The minimum atomic E-state index is -0.409. The van der Waals surface area contributed by atoms with Crippen LogP contribution in [0.1, 0.15) is 49.0 Å². The van der Waals surface area contributed by atoms with Crippen molar-refractivity contribution in [1.29, 1.82) is 0 Å². The fourth-order valence-electron chi connectivity index (χ4n) is 4.10. The van der Waals surface area contributed by atoms with Crippen molar-refractivity contribution >= 4 is 28.5 Å². The zero-order valence-electron chi connectivity index (χ0n) is 16.7. The van der Waals surface area contributed by atoms with E-state index in [0.29, 0.717) is 41.3 Å². The number of benzene rings is 1. The van der Waals surface area contributed by atoms with Gasteiger partial charge in [-0.25, -0.2) is 19.0 Å². The molecule has 3 aromatic rings. The molecule has 2 atom stereocenters. The quantitative estimate of drug-likeness (QED) is 0.658. The van der Waals surface area contributed by atoms with Crippen LogP contribution in [0.2, 0.25) is 5.02 Å². The van der Waals surface area contributed by atoms with E-state index in [1.807, 2.05) is 20.8 Å². The van der Waals surface area contributed by atoms with Gasteiger partial charge in [0.05, 0.1) is 28.8 Å². The molecule has 0 amide bonds. The summed E-state index contributed by atoms with van der Waals surface area (Å²) in [6, 6.07) is 1.33. The molecule has 0 spiro atoms. The Balaban J connectivity index is 1.92. The van der Waals surface area contributed by atoms with Crippen LogP contribution in [0.25, 0.3) is 11.0 Å². The van der Waals surface area contributed by atoms with E-state index < -0.39 is 5.82 Å². The average Bonchev–Trinajstić information content (AvgIpc) is 3.33. The van der Waals surface area contributed by atoms with E-state index >= 15 is 4.39 Å². The summed E-state index contributed by atoms with van der Waals surface area (Å²) in [5, 5.41) is 8.72. The number of rotatable bonds is 5. The average molecular weight is 419 g/mol. The van der Waals surface area contributed by atoms with Gasteiger partial charge in [0.15, 0.2) is 5.65 Å². The zero-order valence-corrected chi connectivity index (χ0v) is 17.4. The lowest BCUT2D eigenvalue weighted by Gasteiger charge is -2.24. The Morgan fingerprint density at radius 3 is 2.93 bits per heavy atom. The maximum Gasteiger partial charge on any atom is 0.164 e. The molecule has 3 N–H and O–H groups in total. The molecule has 2 unspecified atom stereocenters. The topological polar surface area (TPSA) is 90.9 Å². The number of aryl methyl sites for hydroxylation is 1. The van der Waals surface area contributed by atoms with E-state index in [-0.39, 0.29) is 17.0 Å². The molecular formula is C20H24ClFN6O. The van der Waals surface area contributed by atoms with Crippen LogP contribution < -0.4 is 15.8 Å². The number of nitrogens with two attached hydrogens (primary N) is 1. The second kappa shape index (κ2) is 7.76. The molecule has 9 heteroatoms. The number of halogens is 2. The van der Waals surface area contributed by atoms with Gasteiger partial charge in [-0.05, 0) is 39.8 Å². The van der Waals surface area contributed by atoms with Crippen molar-refractivity contribution in [3.05, 3.63) is 40.1 Å². The lowest BCUT2D eigenvalue weighted by molar-refractivity contribution is 0.323. The zero-order chi connectivity index (χ0) is 20.7. The van der Waals surface area contributed by atoms with Crippen molar-refractivity contribution in [1.82, 2.24) is 25.1 Å². The van der Waals surface area contributed by atoms with Crippen molar-refractivity contribution in [2.24, 2.45) is 0 Å². The second-order valence-corrected chi connectivity index (χ2v) is 7.70. The smallest absolute Gasteiger partial charge is 0.164 e. The molecular weight excluding hydrogens is 395 g/mol. The highest BCUT2D eigenvalue weighted by Crippen LogP contribution is 2.42. The predicted octanol–water partition coefficient (Wildman–Crippen LogP) is 3.59. The standard InChI is InChI=1S/C20H24ClFN6O/c1-4-29-18-13(7-14(21)17(22)16(18)12-5-6-24-8-12)11(3)28-20-15(10(2)27-28)19(23)25-9-26-20/h7,9,11-12,24H,4-6,8H2,1-3H3,(H2,23,25,26). The summed E-state index contributed by atoms with van der Waals surface area (Å²) in [4.78, 5) is 8.44. The van der Waals surface area contributed by atoms with Gasteiger partial charge in [0, 0.05) is 23.6 Å². The van der Waals surface area contributed by atoms with Crippen LogP contribution in [-0.4, -0.2) is 39.4 Å². The summed E-state index contributed by atoms with van der Waals surface area (Å²) in [6.07, 6.45) is 2.25. The van der Waals surface area contributed by atoms with Gasteiger partial charge in [-0.1, -0.05) is 11.6 Å². The van der Waals surface area contributed by atoms with E-state index in [1.165, 1.54) is 6.33 Å². The molecule has 0 aliphatic carbocycles. The Kier molecular flexibility index (Phi) is 5.31. The number of fused-ring (bicyclic) bond motifs is 1. The molecule has 7 nitrogen and oxygen atoms in total. The Morgan fingerprint density at radius 1 is 1.45 bits per heavy atom. The highest BCUT2D eigenvalue weighted by Gasteiger charge is 2.30. The Bertz CT molecular complexity index is 1060. The summed E-state index contributed by atoms with van der Waals surface area (Å²) in [5.74, 6) is 0.521. The monoisotopic (exact) mass is 418 g/mol. The van der Waals surface area contributed by atoms with Gasteiger partial charge >= 0.3 is 0 Å². The summed E-state index contributed by atoms with van der Waals surface area (Å²) in [7, 11) is 0. The number of aromatic nitrogens is 4. The molecule has 1 saturated heterocycles. The van der Waals surface area contributed by atoms with Crippen molar-refractivity contribution in [2.75, 3.05) is 25.4 Å². The lowest BCUT2D eigenvalue weighted by Crippen LogP contribution is -2.16. The van der Waals surface area contributed by atoms with Gasteiger partial charge in [-0.15, -0.1) is 0 Å². The van der Waals surface area contributed by atoms with Gasteiger partial charge in [-0.2, -0.15) is 5.10 Å². The van der Waals surface area contributed by atoms with Crippen molar-refractivity contribution in [3.8, 4) is 5.75 Å².